The number of hydrogen-bond acceptors (Lipinski definition) is 5. The number of rotatable bonds is 7. The van der Waals surface area contributed by atoms with Crippen molar-refractivity contribution in [3.05, 3.63) is 41.7 Å². The van der Waals surface area contributed by atoms with Crippen molar-refractivity contribution in [2.24, 2.45) is 0 Å². The summed E-state index contributed by atoms with van der Waals surface area (Å²) in [7, 11) is 0. The van der Waals surface area contributed by atoms with Crippen LogP contribution in [0.3, 0.4) is 0 Å². The highest BCUT2D eigenvalue weighted by Crippen LogP contribution is 2.24. The molecule has 1 aliphatic rings. The number of benzene rings is 1. The summed E-state index contributed by atoms with van der Waals surface area (Å²) < 4.78 is 42.2. The highest BCUT2D eigenvalue weighted by atomic mass is 19.4. The van der Waals surface area contributed by atoms with Gasteiger partial charge in [0.25, 0.3) is 0 Å². The zero-order valence-electron chi connectivity index (χ0n) is 18.0. The molecule has 1 aliphatic heterocycles. The first kappa shape index (κ1) is 23.6. The van der Waals surface area contributed by atoms with Crippen LogP contribution in [0, 0.1) is 13.8 Å². The number of alkyl halides is 3. The highest BCUT2D eigenvalue weighted by Gasteiger charge is 2.31. The second kappa shape index (κ2) is 10.0. The third-order valence-corrected chi connectivity index (χ3v) is 5.10. The van der Waals surface area contributed by atoms with Gasteiger partial charge < -0.3 is 15.0 Å². The summed E-state index contributed by atoms with van der Waals surface area (Å²) in [5, 5.41) is 7.01. The van der Waals surface area contributed by atoms with Crippen LogP contribution >= 0.6 is 0 Å². The van der Waals surface area contributed by atoms with Gasteiger partial charge in [0, 0.05) is 50.5 Å². The molecule has 2 aromatic rings. The highest BCUT2D eigenvalue weighted by molar-refractivity contribution is 5.92. The van der Waals surface area contributed by atoms with Crippen LogP contribution in [0.4, 0.5) is 18.9 Å². The predicted molar refractivity (Wildman–Crippen MR) is 111 cm³/mol. The molecule has 0 spiro atoms. The number of aryl methyl sites for hydroxylation is 3. The lowest BCUT2D eigenvalue weighted by molar-refractivity contribution is -0.274. The first-order valence-electron chi connectivity index (χ1n) is 10.3. The van der Waals surface area contributed by atoms with E-state index < -0.39 is 6.36 Å². The lowest BCUT2D eigenvalue weighted by atomic mass is 10.2. The summed E-state index contributed by atoms with van der Waals surface area (Å²) in [6.45, 7) is 6.74. The molecule has 174 valence electrons. The minimum absolute atomic E-state index is 0.0582. The van der Waals surface area contributed by atoms with Gasteiger partial charge in [-0.05, 0) is 44.2 Å². The molecule has 32 heavy (non-hydrogen) atoms. The molecule has 0 bridgehead atoms. The van der Waals surface area contributed by atoms with Gasteiger partial charge in [-0.25, -0.2) is 0 Å². The Morgan fingerprint density at radius 1 is 1.09 bits per heavy atom. The number of carbonyl (C=O) groups is 2. The predicted octanol–water partition coefficient (Wildman–Crippen LogP) is 2.57. The van der Waals surface area contributed by atoms with Crippen molar-refractivity contribution in [2.75, 3.05) is 38.0 Å². The van der Waals surface area contributed by atoms with E-state index in [0.29, 0.717) is 44.8 Å². The van der Waals surface area contributed by atoms with E-state index in [-0.39, 0.29) is 24.1 Å². The molecule has 0 unspecified atom stereocenters. The van der Waals surface area contributed by atoms with Crippen LogP contribution < -0.4 is 10.1 Å². The number of nitrogens with one attached hydrogen (secondary N) is 1. The Kier molecular flexibility index (Phi) is 7.39. The van der Waals surface area contributed by atoms with Crippen LogP contribution in [0.2, 0.25) is 0 Å². The second-order valence-corrected chi connectivity index (χ2v) is 7.68. The Labute approximate surface area is 183 Å². The molecule has 0 saturated carbocycles. The number of nitrogens with zero attached hydrogens (tertiary/aromatic N) is 4. The zero-order chi connectivity index (χ0) is 23.3. The van der Waals surface area contributed by atoms with Crippen molar-refractivity contribution in [3.63, 3.8) is 0 Å². The van der Waals surface area contributed by atoms with Gasteiger partial charge in [0.1, 0.15) is 5.75 Å². The van der Waals surface area contributed by atoms with Crippen LogP contribution in [0.25, 0.3) is 0 Å². The summed E-state index contributed by atoms with van der Waals surface area (Å²) in [5.74, 6) is -0.573. The zero-order valence-corrected chi connectivity index (χ0v) is 18.0. The van der Waals surface area contributed by atoms with E-state index in [1.54, 1.807) is 4.90 Å². The summed E-state index contributed by atoms with van der Waals surface area (Å²) in [4.78, 5) is 28.5. The van der Waals surface area contributed by atoms with Gasteiger partial charge in [-0.2, -0.15) is 5.10 Å². The van der Waals surface area contributed by atoms with Gasteiger partial charge >= 0.3 is 6.36 Å². The fourth-order valence-corrected chi connectivity index (χ4v) is 3.56. The molecule has 11 heteroatoms. The third kappa shape index (κ3) is 6.98. The van der Waals surface area contributed by atoms with E-state index in [1.807, 2.05) is 29.5 Å². The van der Waals surface area contributed by atoms with Crippen LogP contribution in [0.15, 0.2) is 30.3 Å². The number of aromatic nitrogens is 2. The first-order chi connectivity index (χ1) is 15.1. The molecule has 1 N–H and O–H groups in total. The number of hydrogen-bond donors (Lipinski definition) is 1. The quantitative estimate of drug-likeness (QED) is 0.697. The molecular weight excluding hydrogens is 427 g/mol. The van der Waals surface area contributed by atoms with Gasteiger partial charge in [0.15, 0.2) is 0 Å². The van der Waals surface area contributed by atoms with Crippen LogP contribution in [0.1, 0.15) is 17.8 Å². The van der Waals surface area contributed by atoms with E-state index in [4.69, 9.17) is 0 Å². The van der Waals surface area contributed by atoms with Crippen LogP contribution in [-0.4, -0.2) is 70.5 Å². The van der Waals surface area contributed by atoms with Gasteiger partial charge in [0.05, 0.1) is 12.2 Å². The Morgan fingerprint density at radius 3 is 2.31 bits per heavy atom. The van der Waals surface area contributed by atoms with Gasteiger partial charge in [0.2, 0.25) is 11.8 Å². The van der Waals surface area contributed by atoms with Gasteiger partial charge in [-0.3, -0.25) is 19.2 Å². The average molecular weight is 453 g/mol. The molecular formula is C21H26F3N5O3. The molecule has 0 aliphatic carbocycles. The van der Waals surface area contributed by atoms with E-state index in [9.17, 15) is 22.8 Å². The molecule has 2 amide bonds. The van der Waals surface area contributed by atoms with Crippen molar-refractivity contribution >= 4 is 17.5 Å². The molecule has 8 nitrogen and oxygen atoms in total. The fourth-order valence-electron chi connectivity index (χ4n) is 3.56. The van der Waals surface area contributed by atoms with Crippen molar-refractivity contribution < 1.29 is 27.5 Å². The first-order valence-corrected chi connectivity index (χ1v) is 10.3. The number of anilines is 1. The lowest BCUT2D eigenvalue weighted by Crippen LogP contribution is -2.50. The standard InChI is InChI=1S/C21H26F3N5O3/c1-15-13-16(2)29(26-15)8-7-20(31)28-11-9-27(10-12-28)14-19(30)25-17-3-5-18(6-4-17)32-21(22,23)24/h3-6,13H,7-12,14H2,1-2H3,(H,25,30). The maximum Gasteiger partial charge on any atom is 0.573 e. The maximum absolute atomic E-state index is 12.5. The lowest BCUT2D eigenvalue weighted by Gasteiger charge is -2.34. The largest absolute Gasteiger partial charge is 0.573 e. The monoisotopic (exact) mass is 453 g/mol. The number of ether oxygens (including phenoxy) is 1. The number of carbonyl (C=O) groups excluding carboxylic acids is 2. The number of halogens is 3. The Balaban J connectivity index is 1.39. The molecule has 0 atom stereocenters. The van der Waals surface area contributed by atoms with E-state index in [1.165, 1.54) is 12.1 Å². The minimum atomic E-state index is -4.76. The minimum Gasteiger partial charge on any atom is -0.406 e. The van der Waals surface area contributed by atoms with E-state index >= 15 is 0 Å². The normalized spacial score (nSPS) is 15.0. The average Bonchev–Trinajstić information content (AvgIpc) is 3.04. The Hall–Kier alpha value is -3.08. The van der Waals surface area contributed by atoms with Crippen molar-refractivity contribution in [3.8, 4) is 5.75 Å². The van der Waals surface area contributed by atoms with Crippen LogP contribution in [0.5, 0.6) is 5.75 Å². The van der Waals surface area contributed by atoms with Crippen molar-refractivity contribution in [1.82, 2.24) is 19.6 Å². The van der Waals surface area contributed by atoms with Crippen LogP contribution in [-0.2, 0) is 16.1 Å². The molecule has 0 radical (unpaired) electrons. The van der Waals surface area contributed by atoms with Gasteiger partial charge in [-0.15, -0.1) is 13.2 Å². The molecule has 2 heterocycles. The summed E-state index contributed by atoms with van der Waals surface area (Å²) in [6, 6.07) is 6.94. The fraction of sp³-hybridized carbons (Fsp3) is 0.476. The molecule has 3 rings (SSSR count). The summed E-state index contributed by atoms with van der Waals surface area (Å²) in [5.41, 5.74) is 2.32. The van der Waals surface area contributed by atoms with Crippen molar-refractivity contribution in [1.29, 1.82) is 0 Å². The van der Waals surface area contributed by atoms with Gasteiger partial charge in [-0.1, -0.05) is 0 Å². The topological polar surface area (TPSA) is 79.7 Å². The third-order valence-electron chi connectivity index (χ3n) is 5.10. The SMILES string of the molecule is Cc1cc(C)n(CCC(=O)N2CCN(CC(=O)Nc3ccc(OC(F)(F)F)cc3)CC2)n1. The van der Waals surface area contributed by atoms with E-state index in [2.05, 4.69) is 15.2 Å². The molecule has 1 aromatic heterocycles. The summed E-state index contributed by atoms with van der Waals surface area (Å²) >= 11 is 0. The molecule has 1 saturated heterocycles. The maximum atomic E-state index is 12.5. The second-order valence-electron chi connectivity index (χ2n) is 7.68. The Bertz CT molecular complexity index is 935. The molecule has 1 fully saturated rings. The molecule has 1 aromatic carbocycles. The Morgan fingerprint density at radius 2 is 1.75 bits per heavy atom. The van der Waals surface area contributed by atoms with Crippen molar-refractivity contribution in [2.45, 2.75) is 33.2 Å². The van der Waals surface area contributed by atoms with E-state index in [0.717, 1.165) is 23.5 Å². The smallest absolute Gasteiger partial charge is 0.406 e. The summed E-state index contributed by atoms with van der Waals surface area (Å²) in [6.07, 6.45) is -4.39. The number of amides is 2. The number of piperazine rings is 1.